The van der Waals surface area contributed by atoms with E-state index in [0.29, 0.717) is 17.3 Å². The van der Waals surface area contributed by atoms with Crippen LogP contribution in [0.1, 0.15) is 13.3 Å². The van der Waals surface area contributed by atoms with Gasteiger partial charge in [0, 0.05) is 12.4 Å². The number of thiol groups is 1. The van der Waals surface area contributed by atoms with Gasteiger partial charge in [-0.25, -0.2) is 4.98 Å². The van der Waals surface area contributed by atoms with E-state index >= 15 is 0 Å². The van der Waals surface area contributed by atoms with Crippen molar-refractivity contribution in [1.29, 1.82) is 0 Å². The third-order valence-corrected chi connectivity index (χ3v) is 3.50. The number of hydrogen-bond acceptors (Lipinski definition) is 5. The van der Waals surface area contributed by atoms with Crippen LogP contribution in [0.25, 0.3) is 0 Å². The molecule has 0 spiro atoms. The molecule has 0 aliphatic carbocycles. The minimum Gasteiger partial charge on any atom is -0.382 e. The Morgan fingerprint density at radius 2 is 2.00 bits per heavy atom. The van der Waals surface area contributed by atoms with Crippen molar-refractivity contribution in [2.24, 2.45) is 0 Å². The van der Waals surface area contributed by atoms with Crippen molar-refractivity contribution < 1.29 is 12.6 Å². The predicted molar refractivity (Wildman–Crippen MR) is 77.0 cm³/mol. The molecule has 0 aliphatic heterocycles. The summed E-state index contributed by atoms with van der Waals surface area (Å²) in [6.07, 6.45) is 3.94. The number of benzene rings is 1. The van der Waals surface area contributed by atoms with Gasteiger partial charge < -0.3 is 9.17 Å². The molecule has 19 heavy (non-hydrogen) atoms. The number of rotatable bonds is 4. The Morgan fingerprint density at radius 1 is 1.32 bits per heavy atom. The van der Waals surface area contributed by atoms with Gasteiger partial charge >= 0.3 is 10.1 Å². The minimum atomic E-state index is -3.38. The van der Waals surface area contributed by atoms with Crippen LogP contribution in [0.15, 0.2) is 47.9 Å². The summed E-state index contributed by atoms with van der Waals surface area (Å²) in [6, 6.07) is 8.51. The van der Waals surface area contributed by atoms with Crippen molar-refractivity contribution in [3.05, 3.63) is 42.7 Å². The fourth-order valence-corrected chi connectivity index (χ4v) is 2.30. The van der Waals surface area contributed by atoms with E-state index in [2.05, 4.69) is 22.6 Å². The molecule has 2 rings (SSSR count). The van der Waals surface area contributed by atoms with Crippen LogP contribution in [0, 0.1) is 0 Å². The molecule has 0 saturated heterocycles. The molecule has 1 heterocycles. The van der Waals surface area contributed by atoms with E-state index in [-0.39, 0.29) is 5.75 Å². The first-order chi connectivity index (χ1) is 9.03. The number of imidazole rings is 1. The molecule has 0 radical (unpaired) electrons. The summed E-state index contributed by atoms with van der Waals surface area (Å²) < 4.78 is 27.2. The summed E-state index contributed by atoms with van der Waals surface area (Å²) >= 11 is 3.87. The average molecular weight is 300 g/mol. The number of hydrogen-bond donors (Lipinski definition) is 2. The van der Waals surface area contributed by atoms with Crippen molar-refractivity contribution >= 4 is 22.7 Å². The fraction of sp³-hybridized carbons (Fsp3) is 0.250. The lowest BCUT2D eigenvalue weighted by Crippen LogP contribution is -2.12. The topological polar surface area (TPSA) is 72.1 Å². The summed E-state index contributed by atoms with van der Waals surface area (Å²) in [5, 5.41) is 0.662. The molecule has 0 bridgehead atoms. The summed E-state index contributed by atoms with van der Waals surface area (Å²) in [6.45, 7) is 1.80. The van der Waals surface area contributed by atoms with Gasteiger partial charge in [0.05, 0.1) is 5.75 Å². The van der Waals surface area contributed by atoms with Crippen LogP contribution in [0.4, 0.5) is 0 Å². The molecular weight excluding hydrogens is 284 g/mol. The molecule has 2 aromatic rings. The van der Waals surface area contributed by atoms with Crippen molar-refractivity contribution in [2.45, 2.75) is 18.5 Å². The largest absolute Gasteiger partial charge is 0.382 e. The van der Waals surface area contributed by atoms with E-state index in [9.17, 15) is 8.42 Å². The second-order valence-electron chi connectivity index (χ2n) is 3.57. The molecule has 0 fully saturated rings. The number of nitrogens with zero attached hydrogens (tertiary/aromatic N) is 1. The lowest BCUT2D eigenvalue weighted by molar-refractivity contribution is 0.485. The number of para-hydroxylation sites is 1. The van der Waals surface area contributed by atoms with E-state index in [0.717, 1.165) is 0 Å². The quantitative estimate of drug-likeness (QED) is 0.672. The number of nitrogens with one attached hydrogen (secondary N) is 1. The predicted octanol–water partition coefficient (Wildman–Crippen LogP) is 2.50. The van der Waals surface area contributed by atoms with Gasteiger partial charge in [0.1, 0.15) is 5.75 Å². The molecule has 104 valence electrons. The van der Waals surface area contributed by atoms with Gasteiger partial charge in [0.2, 0.25) is 0 Å². The second-order valence-corrected chi connectivity index (χ2v) is 5.68. The highest BCUT2D eigenvalue weighted by molar-refractivity contribution is 7.87. The Labute approximate surface area is 118 Å². The van der Waals surface area contributed by atoms with E-state index in [1.807, 2.05) is 0 Å². The Morgan fingerprint density at radius 3 is 2.42 bits per heavy atom. The number of H-pyrrole nitrogens is 1. The van der Waals surface area contributed by atoms with Crippen LogP contribution < -0.4 is 4.18 Å². The Bertz CT molecular complexity index is 554. The van der Waals surface area contributed by atoms with E-state index in [4.69, 9.17) is 4.18 Å². The van der Waals surface area contributed by atoms with Gasteiger partial charge in [0.25, 0.3) is 0 Å². The first kappa shape index (κ1) is 15.6. The monoisotopic (exact) mass is 300 g/mol. The van der Waals surface area contributed by atoms with Gasteiger partial charge in [-0.15, -0.1) is 12.6 Å². The third-order valence-electron chi connectivity index (χ3n) is 1.90. The maximum Gasteiger partial charge on any atom is 0.309 e. The lowest BCUT2D eigenvalue weighted by atomic mass is 10.3. The molecule has 7 heteroatoms. The molecular formula is C12H16N2O3S2. The SMILES string of the molecule is CCCS(=O)(=O)Oc1ccccc1.Sc1ncc[nH]1. The average Bonchev–Trinajstić information content (AvgIpc) is 2.81. The maximum atomic E-state index is 11.2. The highest BCUT2D eigenvalue weighted by atomic mass is 32.2. The van der Waals surface area contributed by atoms with E-state index in [1.165, 1.54) is 0 Å². The summed E-state index contributed by atoms with van der Waals surface area (Å²) in [5.41, 5.74) is 0. The smallest absolute Gasteiger partial charge is 0.309 e. The Kier molecular flexibility index (Phi) is 6.44. The molecule has 0 aliphatic rings. The molecule has 5 nitrogen and oxygen atoms in total. The van der Waals surface area contributed by atoms with Gasteiger partial charge in [-0.1, -0.05) is 25.1 Å². The molecule has 1 aromatic heterocycles. The van der Waals surface area contributed by atoms with Crippen LogP contribution in [0.5, 0.6) is 5.75 Å². The highest BCUT2D eigenvalue weighted by Crippen LogP contribution is 2.11. The van der Waals surface area contributed by atoms with Crippen LogP contribution in [0.2, 0.25) is 0 Å². The molecule has 0 saturated carbocycles. The molecule has 1 aromatic carbocycles. The second kappa shape index (κ2) is 7.85. The first-order valence-electron chi connectivity index (χ1n) is 5.69. The lowest BCUT2D eigenvalue weighted by Gasteiger charge is -2.04. The molecule has 0 amide bonds. The number of aromatic amines is 1. The standard InChI is InChI=1S/C9H12O3S.C3H4N2S/c1-2-8-13(10,11)12-9-6-4-3-5-7-9;6-3-4-1-2-5-3/h3-7H,2,8H2,1H3;1-2H,(H2,4,5,6). The molecule has 0 unspecified atom stereocenters. The molecule has 1 N–H and O–H groups in total. The zero-order valence-corrected chi connectivity index (χ0v) is 12.2. The van der Waals surface area contributed by atoms with Crippen LogP contribution in [-0.4, -0.2) is 24.1 Å². The van der Waals surface area contributed by atoms with Gasteiger partial charge in [-0.05, 0) is 18.6 Å². The number of aromatic nitrogens is 2. The van der Waals surface area contributed by atoms with E-state index in [1.54, 1.807) is 49.6 Å². The Balaban J connectivity index is 0.000000250. The highest BCUT2D eigenvalue weighted by Gasteiger charge is 2.09. The summed E-state index contributed by atoms with van der Waals surface area (Å²) in [4.78, 5) is 6.48. The zero-order valence-electron chi connectivity index (χ0n) is 10.5. The van der Waals surface area contributed by atoms with Crippen molar-refractivity contribution in [1.82, 2.24) is 9.97 Å². The Hall–Kier alpha value is -1.47. The van der Waals surface area contributed by atoms with Crippen molar-refractivity contribution in [3.8, 4) is 5.75 Å². The van der Waals surface area contributed by atoms with E-state index < -0.39 is 10.1 Å². The van der Waals surface area contributed by atoms with Gasteiger partial charge in [-0.3, -0.25) is 0 Å². The normalized spacial score (nSPS) is 10.4. The molecule has 0 atom stereocenters. The van der Waals surface area contributed by atoms with Crippen LogP contribution in [-0.2, 0) is 10.1 Å². The van der Waals surface area contributed by atoms with Crippen LogP contribution >= 0.6 is 12.6 Å². The summed E-state index contributed by atoms with van der Waals surface area (Å²) in [5.74, 6) is 0.429. The van der Waals surface area contributed by atoms with Crippen LogP contribution in [0.3, 0.4) is 0 Å². The zero-order chi connectivity index (χ0) is 14.1. The third kappa shape index (κ3) is 6.88. The first-order valence-corrected chi connectivity index (χ1v) is 7.71. The van der Waals surface area contributed by atoms with Crippen molar-refractivity contribution in [3.63, 3.8) is 0 Å². The maximum absolute atomic E-state index is 11.2. The summed E-state index contributed by atoms with van der Waals surface area (Å²) in [7, 11) is -3.38. The van der Waals surface area contributed by atoms with Gasteiger partial charge in [-0.2, -0.15) is 8.42 Å². The fourth-order valence-electron chi connectivity index (χ4n) is 1.17. The van der Waals surface area contributed by atoms with Crippen molar-refractivity contribution in [2.75, 3.05) is 5.75 Å². The minimum absolute atomic E-state index is 0.0574. The van der Waals surface area contributed by atoms with Gasteiger partial charge in [0.15, 0.2) is 5.16 Å².